The van der Waals surface area contributed by atoms with E-state index in [-0.39, 0.29) is 30.1 Å². The summed E-state index contributed by atoms with van der Waals surface area (Å²) in [6, 6.07) is 6.09. The predicted molar refractivity (Wildman–Crippen MR) is 65.0 cm³/mol. The number of aliphatic carboxylic acids is 1. The first-order chi connectivity index (χ1) is 7.68. The van der Waals surface area contributed by atoms with Crippen LogP contribution in [-0.2, 0) is 4.79 Å². The Morgan fingerprint density at radius 3 is 2.59 bits per heavy atom. The Bertz CT molecular complexity index is 383. The molecule has 1 aliphatic heterocycles. The molecule has 0 saturated carbocycles. The summed E-state index contributed by atoms with van der Waals surface area (Å²) in [6.45, 7) is 1.37. The molecule has 2 atom stereocenters. The highest BCUT2D eigenvalue weighted by Gasteiger charge is 2.31. The molecule has 1 saturated heterocycles. The van der Waals surface area contributed by atoms with Crippen LogP contribution in [-0.4, -0.2) is 24.2 Å². The summed E-state index contributed by atoms with van der Waals surface area (Å²) in [7, 11) is 0. The molecule has 2 unspecified atom stereocenters. The summed E-state index contributed by atoms with van der Waals surface area (Å²) in [4.78, 5) is 11.1. The number of piperidine rings is 1. The third-order valence-electron chi connectivity index (χ3n) is 3.10. The number of halogens is 2. The topological polar surface area (TPSA) is 49.3 Å². The Morgan fingerprint density at radius 2 is 2.00 bits per heavy atom. The highest BCUT2D eigenvalue weighted by atomic mass is 35.5. The van der Waals surface area contributed by atoms with E-state index < -0.39 is 5.97 Å². The highest BCUT2D eigenvalue weighted by Crippen LogP contribution is 2.29. The molecule has 0 spiro atoms. The van der Waals surface area contributed by atoms with Crippen LogP contribution >= 0.6 is 12.4 Å². The Labute approximate surface area is 105 Å². The highest BCUT2D eigenvalue weighted by molar-refractivity contribution is 5.85. The van der Waals surface area contributed by atoms with Crippen LogP contribution in [0.1, 0.15) is 17.9 Å². The van der Waals surface area contributed by atoms with Gasteiger partial charge in [0.15, 0.2) is 0 Å². The van der Waals surface area contributed by atoms with Crippen molar-refractivity contribution < 1.29 is 14.3 Å². The molecule has 3 nitrogen and oxygen atoms in total. The van der Waals surface area contributed by atoms with Crippen LogP contribution < -0.4 is 5.32 Å². The van der Waals surface area contributed by atoms with Crippen molar-refractivity contribution in [3.05, 3.63) is 35.6 Å². The second-order valence-electron chi connectivity index (χ2n) is 4.10. The van der Waals surface area contributed by atoms with Crippen LogP contribution in [0, 0.1) is 11.7 Å². The average Bonchev–Trinajstić information content (AvgIpc) is 2.30. The van der Waals surface area contributed by atoms with Crippen molar-refractivity contribution in [1.82, 2.24) is 5.32 Å². The monoisotopic (exact) mass is 259 g/mol. The second-order valence-corrected chi connectivity index (χ2v) is 4.10. The van der Waals surface area contributed by atoms with Gasteiger partial charge < -0.3 is 10.4 Å². The van der Waals surface area contributed by atoms with Gasteiger partial charge in [0.25, 0.3) is 0 Å². The zero-order chi connectivity index (χ0) is 11.5. The van der Waals surface area contributed by atoms with Crippen molar-refractivity contribution in [2.24, 2.45) is 5.92 Å². The number of nitrogens with one attached hydrogen (secondary N) is 1. The minimum Gasteiger partial charge on any atom is -0.481 e. The zero-order valence-corrected chi connectivity index (χ0v) is 10.0. The Morgan fingerprint density at radius 1 is 1.35 bits per heavy atom. The van der Waals surface area contributed by atoms with Gasteiger partial charge in [-0.05, 0) is 30.7 Å². The molecule has 0 amide bonds. The lowest BCUT2D eigenvalue weighted by atomic mass is 9.81. The summed E-state index contributed by atoms with van der Waals surface area (Å²) in [5.41, 5.74) is 0.890. The minimum absolute atomic E-state index is 0. The normalized spacial score (nSPS) is 23.8. The van der Waals surface area contributed by atoms with Crippen LogP contribution in [0.5, 0.6) is 0 Å². The summed E-state index contributed by atoms with van der Waals surface area (Å²) < 4.78 is 12.8. The molecule has 0 radical (unpaired) electrons. The number of rotatable bonds is 2. The fraction of sp³-hybridized carbons (Fsp3) is 0.417. The van der Waals surface area contributed by atoms with E-state index in [9.17, 15) is 9.18 Å². The maximum Gasteiger partial charge on any atom is 0.307 e. The summed E-state index contributed by atoms with van der Waals surface area (Å²) in [5.74, 6) is -1.49. The summed E-state index contributed by atoms with van der Waals surface area (Å²) in [6.07, 6.45) is 0.622. The molecule has 1 fully saturated rings. The van der Waals surface area contributed by atoms with Crippen LogP contribution in [0.25, 0.3) is 0 Å². The number of carboxylic acids is 1. The molecule has 1 heterocycles. The zero-order valence-electron chi connectivity index (χ0n) is 9.23. The first kappa shape index (κ1) is 13.9. The van der Waals surface area contributed by atoms with Gasteiger partial charge in [-0.2, -0.15) is 0 Å². The molecule has 1 aromatic rings. The number of hydrogen-bond acceptors (Lipinski definition) is 2. The fourth-order valence-electron chi connectivity index (χ4n) is 2.21. The summed E-state index contributed by atoms with van der Waals surface area (Å²) >= 11 is 0. The Hall–Kier alpha value is -1.13. The van der Waals surface area contributed by atoms with E-state index in [1.807, 2.05) is 0 Å². The first-order valence-corrected chi connectivity index (χ1v) is 5.37. The van der Waals surface area contributed by atoms with Gasteiger partial charge in [0.2, 0.25) is 0 Å². The predicted octanol–water partition coefficient (Wildman–Crippen LogP) is 2.03. The van der Waals surface area contributed by atoms with Crippen LogP contribution in [0.2, 0.25) is 0 Å². The average molecular weight is 260 g/mol. The van der Waals surface area contributed by atoms with E-state index in [4.69, 9.17) is 5.11 Å². The van der Waals surface area contributed by atoms with Crippen molar-refractivity contribution in [3.8, 4) is 0 Å². The molecule has 5 heteroatoms. The number of carbonyl (C=O) groups is 1. The van der Waals surface area contributed by atoms with Crippen molar-refractivity contribution in [1.29, 1.82) is 0 Å². The first-order valence-electron chi connectivity index (χ1n) is 5.37. The smallest absolute Gasteiger partial charge is 0.307 e. The molecular weight excluding hydrogens is 245 g/mol. The second kappa shape index (κ2) is 5.98. The lowest BCUT2D eigenvalue weighted by molar-refractivity contribution is -0.143. The van der Waals surface area contributed by atoms with Crippen molar-refractivity contribution >= 4 is 18.4 Å². The molecule has 1 aliphatic rings. The lowest BCUT2D eigenvalue weighted by Crippen LogP contribution is -2.38. The largest absolute Gasteiger partial charge is 0.481 e. The summed E-state index contributed by atoms with van der Waals surface area (Å²) in [5, 5.41) is 12.3. The molecule has 0 bridgehead atoms. The number of hydrogen-bond donors (Lipinski definition) is 2. The van der Waals surface area contributed by atoms with Crippen molar-refractivity contribution in [2.75, 3.05) is 13.1 Å². The van der Waals surface area contributed by atoms with E-state index >= 15 is 0 Å². The third kappa shape index (κ3) is 3.17. The molecule has 17 heavy (non-hydrogen) atoms. The van der Waals surface area contributed by atoms with E-state index in [1.165, 1.54) is 12.1 Å². The van der Waals surface area contributed by atoms with E-state index in [1.54, 1.807) is 12.1 Å². The van der Waals surface area contributed by atoms with Gasteiger partial charge >= 0.3 is 5.97 Å². The quantitative estimate of drug-likeness (QED) is 0.854. The van der Waals surface area contributed by atoms with Crippen LogP contribution in [0.3, 0.4) is 0 Å². The van der Waals surface area contributed by atoms with Gasteiger partial charge in [0, 0.05) is 12.5 Å². The van der Waals surface area contributed by atoms with Gasteiger partial charge in [-0.15, -0.1) is 12.4 Å². The molecular formula is C12H15ClFNO2. The van der Waals surface area contributed by atoms with Gasteiger partial charge in [0.1, 0.15) is 5.82 Å². The molecule has 1 aromatic carbocycles. The van der Waals surface area contributed by atoms with Crippen LogP contribution in [0.4, 0.5) is 4.39 Å². The van der Waals surface area contributed by atoms with E-state index in [2.05, 4.69) is 5.32 Å². The van der Waals surface area contributed by atoms with E-state index in [0.717, 1.165) is 12.1 Å². The molecule has 0 aliphatic carbocycles. The van der Waals surface area contributed by atoms with Gasteiger partial charge in [-0.25, -0.2) is 4.39 Å². The van der Waals surface area contributed by atoms with Gasteiger partial charge in [-0.3, -0.25) is 4.79 Å². The SMILES string of the molecule is Cl.O=C(O)C1CCNCC1c1ccc(F)cc1. The van der Waals surface area contributed by atoms with Gasteiger partial charge in [0.05, 0.1) is 5.92 Å². The van der Waals surface area contributed by atoms with Gasteiger partial charge in [-0.1, -0.05) is 12.1 Å². The molecule has 94 valence electrons. The number of carboxylic acid groups (broad SMARTS) is 1. The standard InChI is InChI=1S/C12H14FNO2.ClH/c13-9-3-1-8(2-4-9)11-7-14-6-5-10(11)12(15)16;/h1-4,10-11,14H,5-7H2,(H,15,16);1H. The Kier molecular flexibility index (Phi) is 4.90. The van der Waals surface area contributed by atoms with Crippen molar-refractivity contribution in [3.63, 3.8) is 0 Å². The molecule has 2 N–H and O–H groups in total. The fourth-order valence-corrected chi connectivity index (χ4v) is 2.21. The lowest BCUT2D eigenvalue weighted by Gasteiger charge is -2.29. The maximum atomic E-state index is 12.8. The van der Waals surface area contributed by atoms with Crippen LogP contribution in [0.15, 0.2) is 24.3 Å². The Balaban J connectivity index is 0.00000144. The molecule has 0 aromatic heterocycles. The number of benzene rings is 1. The molecule has 2 rings (SSSR count). The van der Waals surface area contributed by atoms with E-state index in [0.29, 0.717) is 13.0 Å². The maximum absolute atomic E-state index is 12.8. The third-order valence-corrected chi connectivity index (χ3v) is 3.10. The minimum atomic E-state index is -0.768. The van der Waals surface area contributed by atoms with Crippen molar-refractivity contribution in [2.45, 2.75) is 12.3 Å².